The third-order valence-electron chi connectivity index (χ3n) is 13.4. The summed E-state index contributed by atoms with van der Waals surface area (Å²) < 4.78 is 39.8. The maximum absolute atomic E-state index is 17.4. The van der Waals surface area contributed by atoms with Crippen LogP contribution in [0.2, 0.25) is 16.6 Å². The highest BCUT2D eigenvalue weighted by molar-refractivity contribution is 6.90. The number of hydrogen-bond donors (Lipinski definition) is 1. The van der Waals surface area contributed by atoms with Gasteiger partial charge in [-0.2, -0.15) is 9.97 Å². The molecule has 9 nitrogen and oxygen atoms in total. The molecule has 4 fully saturated rings. The Kier molecular flexibility index (Phi) is 9.77. The highest BCUT2D eigenvalue weighted by Crippen LogP contribution is 2.43. The Labute approximate surface area is 323 Å². The molecule has 4 aromatic rings. The minimum Gasteiger partial charge on any atom is -0.465 e. The number of hydrogen-bond acceptors (Lipinski definition) is 7. The summed E-state index contributed by atoms with van der Waals surface area (Å²) in [5.41, 5.74) is 5.49. The molecule has 1 N–H and O–H groups in total. The molecule has 12 heteroatoms. The fourth-order valence-electron chi connectivity index (χ4n) is 10.8. The molecular formula is C43H52F2N6O3Si. The standard InChI is InChI=1S/C43H52F2N6O3Si/c1-26(2)55(27(3)4,28(5)6)21-16-32-35(44)15-12-29-10-7-11-33(36(29)32)38-37(45)39-34(22-46-38)40(49-23-30-13-14-31(24-49)51(30)42(52)53)48-41(47-39)54-25-43-17-8-19-50(43)20-9-18-43/h7,10-12,15,22,26-28,30-31H,8-9,13-14,17-20,23-25H2,1-6H3,(H,52,53)/t30-,31+. The van der Waals surface area contributed by atoms with Gasteiger partial charge in [-0.25, -0.2) is 13.6 Å². The van der Waals surface area contributed by atoms with Crippen LogP contribution in [0, 0.1) is 23.1 Å². The zero-order chi connectivity index (χ0) is 38.8. The van der Waals surface area contributed by atoms with Crippen molar-refractivity contribution in [2.24, 2.45) is 0 Å². The SMILES string of the molecule is CC(C)[Si](C#Cc1c(F)ccc2cccc(-c3ncc4c(N5C[C@H]6CC[C@@H](C5)N6C(=O)O)nc(OCC56CCCN5CCC6)nc4c3F)c12)(C(C)C)C(C)C. The summed E-state index contributed by atoms with van der Waals surface area (Å²) in [6, 6.07) is 8.36. The quantitative estimate of drug-likeness (QED) is 0.140. The van der Waals surface area contributed by atoms with Crippen LogP contribution < -0.4 is 9.64 Å². The number of halogens is 2. The number of piperazine rings is 1. The Bertz CT molecular complexity index is 2170. The summed E-state index contributed by atoms with van der Waals surface area (Å²) in [4.78, 5) is 32.6. The molecule has 2 aromatic carbocycles. The van der Waals surface area contributed by atoms with E-state index in [4.69, 9.17) is 19.7 Å². The molecule has 0 radical (unpaired) electrons. The van der Waals surface area contributed by atoms with Crippen LogP contribution in [0.3, 0.4) is 0 Å². The third-order valence-corrected chi connectivity index (χ3v) is 19.7. The Morgan fingerprint density at radius 3 is 2.29 bits per heavy atom. The van der Waals surface area contributed by atoms with E-state index >= 15 is 8.78 Å². The molecular weight excluding hydrogens is 715 g/mol. The van der Waals surface area contributed by atoms with Gasteiger partial charge in [-0.05, 0) is 79.7 Å². The van der Waals surface area contributed by atoms with Gasteiger partial charge in [0.1, 0.15) is 37.5 Å². The van der Waals surface area contributed by atoms with E-state index < -0.39 is 25.8 Å². The Balaban J connectivity index is 1.27. The van der Waals surface area contributed by atoms with E-state index in [1.165, 1.54) is 6.07 Å². The van der Waals surface area contributed by atoms with Crippen molar-refractivity contribution in [2.45, 2.75) is 114 Å². The van der Waals surface area contributed by atoms with Gasteiger partial charge in [0.15, 0.2) is 5.82 Å². The molecule has 0 aliphatic carbocycles. The number of pyridine rings is 1. The smallest absolute Gasteiger partial charge is 0.407 e. The molecule has 4 aliphatic heterocycles. The number of rotatable bonds is 8. The van der Waals surface area contributed by atoms with Crippen LogP contribution >= 0.6 is 0 Å². The van der Waals surface area contributed by atoms with E-state index in [0.29, 0.717) is 58.5 Å². The molecule has 1 amide bonds. The minimum absolute atomic E-state index is 0.0505. The molecule has 6 heterocycles. The summed E-state index contributed by atoms with van der Waals surface area (Å²) in [5, 5.41) is 11.6. The zero-order valence-corrected chi connectivity index (χ0v) is 33.8. The van der Waals surface area contributed by atoms with Crippen molar-refractivity contribution in [1.29, 1.82) is 0 Å². The molecule has 0 spiro atoms. The first-order valence-corrected chi connectivity index (χ1v) is 22.3. The van der Waals surface area contributed by atoms with E-state index in [2.05, 4.69) is 57.9 Å². The summed E-state index contributed by atoms with van der Waals surface area (Å²) >= 11 is 0. The average molecular weight is 767 g/mol. The van der Waals surface area contributed by atoms with Crippen LogP contribution in [0.4, 0.5) is 19.4 Å². The molecule has 4 aliphatic rings. The monoisotopic (exact) mass is 766 g/mol. The lowest BCUT2D eigenvalue weighted by molar-refractivity contribution is 0.107. The second kappa shape index (κ2) is 14.3. The van der Waals surface area contributed by atoms with Crippen molar-refractivity contribution in [2.75, 3.05) is 37.7 Å². The number of amides is 1. The Morgan fingerprint density at radius 1 is 0.982 bits per heavy atom. The molecule has 55 heavy (non-hydrogen) atoms. The highest BCUT2D eigenvalue weighted by atomic mass is 28.3. The number of fused-ring (bicyclic) bond motifs is 5. The molecule has 2 bridgehead atoms. The van der Waals surface area contributed by atoms with Gasteiger partial charge in [-0.1, -0.05) is 71.7 Å². The fourth-order valence-corrected chi connectivity index (χ4v) is 16.0. The lowest BCUT2D eigenvalue weighted by Gasteiger charge is -2.40. The van der Waals surface area contributed by atoms with Gasteiger partial charge in [0.05, 0.1) is 28.6 Å². The lowest BCUT2D eigenvalue weighted by Crippen LogP contribution is -2.55. The maximum Gasteiger partial charge on any atom is 0.407 e. The van der Waals surface area contributed by atoms with Crippen molar-refractivity contribution in [1.82, 2.24) is 24.8 Å². The van der Waals surface area contributed by atoms with Gasteiger partial charge in [-0.15, -0.1) is 5.54 Å². The predicted molar refractivity (Wildman–Crippen MR) is 215 cm³/mol. The van der Waals surface area contributed by atoms with Gasteiger partial charge in [-0.3, -0.25) is 14.8 Å². The second-order valence-corrected chi connectivity index (χ2v) is 22.8. The lowest BCUT2D eigenvalue weighted by atomic mass is 9.95. The van der Waals surface area contributed by atoms with Gasteiger partial charge in [0, 0.05) is 30.2 Å². The van der Waals surface area contributed by atoms with Gasteiger partial charge in [0.2, 0.25) is 0 Å². The highest BCUT2D eigenvalue weighted by Gasteiger charge is 2.46. The maximum atomic E-state index is 17.4. The predicted octanol–water partition coefficient (Wildman–Crippen LogP) is 9.03. The molecule has 4 saturated heterocycles. The number of ether oxygens (including phenoxy) is 1. The molecule has 8 rings (SSSR count). The molecule has 0 unspecified atom stereocenters. The number of nitrogens with zero attached hydrogens (tertiary/aromatic N) is 6. The van der Waals surface area contributed by atoms with Crippen LogP contribution in [-0.2, 0) is 0 Å². The molecule has 0 saturated carbocycles. The van der Waals surface area contributed by atoms with E-state index in [1.807, 2.05) is 17.0 Å². The third kappa shape index (κ3) is 6.22. The van der Waals surface area contributed by atoms with Crippen molar-refractivity contribution < 1.29 is 23.4 Å². The fraction of sp³-hybridized carbons (Fsp3) is 0.535. The van der Waals surface area contributed by atoms with E-state index in [1.54, 1.807) is 23.2 Å². The van der Waals surface area contributed by atoms with Crippen molar-refractivity contribution in [3.05, 3.63) is 53.7 Å². The van der Waals surface area contributed by atoms with Crippen LogP contribution in [-0.4, -0.2) is 94.4 Å². The molecule has 2 aromatic heterocycles. The summed E-state index contributed by atoms with van der Waals surface area (Å²) in [6.45, 7) is 16.7. The Morgan fingerprint density at radius 2 is 1.65 bits per heavy atom. The van der Waals surface area contributed by atoms with E-state index in [0.717, 1.165) is 57.0 Å². The topological polar surface area (TPSA) is 94.9 Å². The number of carboxylic acid groups (broad SMARTS) is 1. The van der Waals surface area contributed by atoms with Crippen LogP contribution in [0.15, 0.2) is 36.5 Å². The summed E-state index contributed by atoms with van der Waals surface area (Å²) in [6.07, 6.45) is 6.49. The molecule has 2 atom stereocenters. The summed E-state index contributed by atoms with van der Waals surface area (Å²) in [5.74, 6) is 2.73. The number of aromatic nitrogens is 3. The zero-order valence-electron chi connectivity index (χ0n) is 32.8. The Hall–Kier alpha value is -4.34. The van der Waals surface area contributed by atoms with Crippen LogP contribution in [0.5, 0.6) is 6.01 Å². The molecule has 290 valence electrons. The second-order valence-electron chi connectivity index (χ2n) is 17.2. The first-order chi connectivity index (χ1) is 26.3. The first kappa shape index (κ1) is 37.6. The van der Waals surface area contributed by atoms with Crippen LogP contribution in [0.1, 0.15) is 85.6 Å². The van der Waals surface area contributed by atoms with E-state index in [9.17, 15) is 9.90 Å². The first-order valence-electron chi connectivity index (χ1n) is 20.1. The number of anilines is 1. The van der Waals surface area contributed by atoms with Gasteiger partial charge >= 0.3 is 12.1 Å². The van der Waals surface area contributed by atoms with Crippen molar-refractivity contribution >= 4 is 41.7 Å². The minimum atomic E-state index is -2.23. The largest absolute Gasteiger partial charge is 0.465 e. The van der Waals surface area contributed by atoms with Gasteiger partial charge in [0.25, 0.3) is 0 Å². The van der Waals surface area contributed by atoms with Gasteiger partial charge < -0.3 is 14.7 Å². The normalized spacial score (nSPS) is 20.9. The number of benzene rings is 2. The van der Waals surface area contributed by atoms with Crippen molar-refractivity contribution in [3.63, 3.8) is 0 Å². The number of carbonyl (C=O) groups is 1. The van der Waals surface area contributed by atoms with E-state index in [-0.39, 0.29) is 40.4 Å². The summed E-state index contributed by atoms with van der Waals surface area (Å²) in [7, 11) is -2.23. The average Bonchev–Trinajstić information content (AvgIpc) is 3.82. The van der Waals surface area contributed by atoms with Crippen molar-refractivity contribution in [3.8, 4) is 28.7 Å². The van der Waals surface area contributed by atoms with Crippen LogP contribution in [0.25, 0.3) is 32.9 Å².